The van der Waals surface area contributed by atoms with Crippen molar-refractivity contribution in [3.8, 4) is 11.5 Å². The summed E-state index contributed by atoms with van der Waals surface area (Å²) in [5, 5.41) is 10.8. The van der Waals surface area contributed by atoms with E-state index in [9.17, 15) is 14.7 Å². The van der Waals surface area contributed by atoms with Crippen molar-refractivity contribution in [3.63, 3.8) is 0 Å². The van der Waals surface area contributed by atoms with Gasteiger partial charge in [-0.05, 0) is 50.0 Å². The molecule has 1 aromatic rings. The van der Waals surface area contributed by atoms with Gasteiger partial charge in [0.25, 0.3) is 5.91 Å². The summed E-state index contributed by atoms with van der Waals surface area (Å²) in [5.41, 5.74) is 0.971. The number of benzene rings is 1. The Hall–Kier alpha value is -1.96. The number of hydrogen-bond acceptors (Lipinski definition) is 4. The number of carbonyl (C=O) groups excluding carboxylic acids is 1. The van der Waals surface area contributed by atoms with Crippen LogP contribution in [0.2, 0.25) is 0 Å². The molecule has 2 amide bonds. The first-order chi connectivity index (χ1) is 14.0. The van der Waals surface area contributed by atoms with E-state index >= 15 is 0 Å². The second kappa shape index (κ2) is 8.05. The van der Waals surface area contributed by atoms with Crippen LogP contribution >= 0.6 is 15.9 Å². The smallest absolute Gasteiger partial charge is 0.411 e. The summed E-state index contributed by atoms with van der Waals surface area (Å²) in [4.78, 5) is 28.6. The fourth-order valence-corrected chi connectivity index (χ4v) is 4.92. The Bertz CT molecular complexity index is 811. The number of carbonyl (C=O) groups is 2. The van der Waals surface area contributed by atoms with E-state index in [-0.39, 0.29) is 17.4 Å². The summed E-state index contributed by atoms with van der Waals surface area (Å²) in [7, 11) is 1.54. The van der Waals surface area contributed by atoms with Gasteiger partial charge in [-0.15, -0.1) is 0 Å². The molecule has 1 saturated heterocycles. The molecule has 2 fully saturated rings. The maximum atomic E-state index is 13.3. The summed E-state index contributed by atoms with van der Waals surface area (Å²) in [6, 6.07) is 3.22. The Morgan fingerprint density at radius 3 is 2.72 bits per heavy atom. The predicted octanol–water partition coefficient (Wildman–Crippen LogP) is 4.13. The van der Waals surface area contributed by atoms with E-state index < -0.39 is 6.09 Å². The number of ether oxygens (including phenoxy) is 2. The largest absolute Gasteiger partial charge is 0.493 e. The molecule has 4 rings (SSSR count). The lowest BCUT2D eigenvalue weighted by molar-refractivity contribution is 0.0741. The highest BCUT2D eigenvalue weighted by Crippen LogP contribution is 2.56. The molecule has 1 saturated carbocycles. The number of rotatable bonds is 7. The third-order valence-electron chi connectivity index (χ3n) is 6.30. The standard InChI is InChI=1S/C21H27BrN2O5/c1-28-17-9-15-16(10-18(17)29-8-4-2-3-7-22)23(20(26)27)12-14-11-21(5-6-21)13-24(14)19(15)25/h9-10,14H,2-8,11-13H2,1H3,(H,26,27)/t14-/m0/s1. The SMILES string of the molecule is COc1cc2c(cc1OCCCCCBr)N(C(=O)O)C[C@@H]1CC3(CC3)CN1C2=O. The van der Waals surface area contributed by atoms with Gasteiger partial charge in [0.15, 0.2) is 11.5 Å². The minimum absolute atomic E-state index is 0.0758. The summed E-state index contributed by atoms with van der Waals surface area (Å²) in [6.07, 6.45) is 5.08. The van der Waals surface area contributed by atoms with Gasteiger partial charge in [-0.2, -0.15) is 0 Å². The molecule has 1 aromatic carbocycles. The van der Waals surface area contributed by atoms with E-state index in [0.717, 1.165) is 50.4 Å². The Kier molecular flexibility index (Phi) is 5.64. The van der Waals surface area contributed by atoms with E-state index in [1.54, 1.807) is 12.1 Å². The van der Waals surface area contributed by atoms with Crippen LogP contribution in [0.5, 0.6) is 11.5 Å². The first kappa shape index (κ1) is 20.3. The third kappa shape index (κ3) is 3.91. The Morgan fingerprint density at radius 2 is 2.07 bits per heavy atom. The van der Waals surface area contributed by atoms with Gasteiger partial charge in [-0.25, -0.2) is 4.79 Å². The van der Waals surface area contributed by atoms with E-state index in [1.165, 1.54) is 12.0 Å². The predicted molar refractivity (Wildman–Crippen MR) is 113 cm³/mol. The van der Waals surface area contributed by atoms with Crippen LogP contribution in [0.1, 0.15) is 48.9 Å². The van der Waals surface area contributed by atoms with Gasteiger partial charge < -0.3 is 19.5 Å². The molecule has 0 radical (unpaired) electrons. The van der Waals surface area contributed by atoms with Crippen LogP contribution in [0.25, 0.3) is 0 Å². The van der Waals surface area contributed by atoms with Gasteiger partial charge in [0.05, 0.1) is 31.0 Å². The van der Waals surface area contributed by atoms with Gasteiger partial charge in [-0.1, -0.05) is 15.9 Å². The Balaban J connectivity index is 1.64. The van der Waals surface area contributed by atoms with Crippen LogP contribution < -0.4 is 14.4 Å². The minimum Gasteiger partial charge on any atom is -0.493 e. The van der Waals surface area contributed by atoms with Gasteiger partial charge in [0.1, 0.15) is 0 Å². The molecule has 8 heteroatoms. The first-order valence-electron chi connectivity index (χ1n) is 10.2. The highest BCUT2D eigenvalue weighted by Gasteiger charge is 2.55. The van der Waals surface area contributed by atoms with E-state index in [0.29, 0.717) is 35.9 Å². The normalized spacial score (nSPS) is 21.6. The third-order valence-corrected chi connectivity index (χ3v) is 6.86. The molecule has 2 aliphatic heterocycles. The van der Waals surface area contributed by atoms with Crippen LogP contribution in [-0.2, 0) is 0 Å². The second-order valence-corrected chi connectivity index (χ2v) is 9.10. The molecule has 1 aliphatic carbocycles. The van der Waals surface area contributed by atoms with Crippen LogP contribution in [-0.4, -0.2) is 60.2 Å². The molecule has 1 N–H and O–H groups in total. The van der Waals surface area contributed by atoms with Crippen LogP contribution in [0.15, 0.2) is 12.1 Å². The van der Waals surface area contributed by atoms with E-state index in [1.807, 2.05) is 4.90 Å². The monoisotopic (exact) mass is 466 g/mol. The number of carboxylic acid groups (broad SMARTS) is 1. The number of unbranched alkanes of at least 4 members (excludes halogenated alkanes) is 2. The average Bonchev–Trinajstić information content (AvgIpc) is 3.38. The van der Waals surface area contributed by atoms with Crippen LogP contribution in [0.3, 0.4) is 0 Å². The molecule has 0 aromatic heterocycles. The highest BCUT2D eigenvalue weighted by molar-refractivity contribution is 9.09. The molecule has 0 bridgehead atoms. The zero-order valence-corrected chi connectivity index (χ0v) is 18.2. The number of halogens is 1. The number of hydrogen-bond donors (Lipinski definition) is 1. The van der Waals surface area contributed by atoms with Gasteiger partial charge in [0.2, 0.25) is 0 Å². The number of amides is 2. The van der Waals surface area contributed by atoms with Crippen LogP contribution in [0, 0.1) is 5.41 Å². The second-order valence-electron chi connectivity index (χ2n) is 8.30. The number of nitrogens with zero attached hydrogens (tertiary/aromatic N) is 2. The highest BCUT2D eigenvalue weighted by atomic mass is 79.9. The van der Waals surface area contributed by atoms with Gasteiger partial charge in [-0.3, -0.25) is 9.69 Å². The van der Waals surface area contributed by atoms with Crippen molar-refractivity contribution in [2.45, 2.75) is 44.6 Å². The molecule has 158 valence electrons. The molecule has 0 unspecified atom stereocenters. The minimum atomic E-state index is -1.05. The summed E-state index contributed by atoms with van der Waals surface area (Å²) >= 11 is 3.42. The molecule has 1 spiro atoms. The van der Waals surface area contributed by atoms with Crippen molar-refractivity contribution in [1.29, 1.82) is 0 Å². The Morgan fingerprint density at radius 1 is 1.28 bits per heavy atom. The van der Waals surface area contributed by atoms with Gasteiger partial charge in [0, 0.05) is 24.5 Å². The topological polar surface area (TPSA) is 79.3 Å². The fourth-order valence-electron chi connectivity index (χ4n) is 4.52. The molecule has 29 heavy (non-hydrogen) atoms. The molecular formula is C21H27BrN2O5. The first-order valence-corrected chi connectivity index (χ1v) is 11.3. The number of fused-ring (bicyclic) bond motifs is 2. The lowest BCUT2D eigenvalue weighted by Gasteiger charge is -2.24. The van der Waals surface area contributed by atoms with Crippen molar-refractivity contribution < 1.29 is 24.2 Å². The summed E-state index contributed by atoms with van der Waals surface area (Å²) in [6.45, 7) is 1.53. The lowest BCUT2D eigenvalue weighted by Crippen LogP contribution is -2.41. The van der Waals surface area contributed by atoms with Gasteiger partial charge >= 0.3 is 6.09 Å². The molecule has 7 nitrogen and oxygen atoms in total. The van der Waals surface area contributed by atoms with Crippen molar-refractivity contribution in [3.05, 3.63) is 17.7 Å². The number of alkyl halides is 1. The lowest BCUT2D eigenvalue weighted by atomic mass is 10.0. The van der Waals surface area contributed by atoms with Crippen molar-refractivity contribution in [2.75, 3.05) is 37.0 Å². The van der Waals surface area contributed by atoms with Crippen molar-refractivity contribution >= 4 is 33.6 Å². The number of methoxy groups -OCH3 is 1. The molecule has 1 atom stereocenters. The molecule has 3 aliphatic rings. The fraction of sp³-hybridized carbons (Fsp3) is 0.619. The quantitative estimate of drug-likeness (QED) is 0.482. The summed E-state index contributed by atoms with van der Waals surface area (Å²) < 4.78 is 11.4. The number of anilines is 1. The maximum Gasteiger partial charge on any atom is 0.411 e. The molecule has 2 heterocycles. The average molecular weight is 467 g/mol. The van der Waals surface area contributed by atoms with Crippen molar-refractivity contribution in [1.82, 2.24) is 4.90 Å². The maximum absolute atomic E-state index is 13.3. The van der Waals surface area contributed by atoms with Crippen molar-refractivity contribution in [2.24, 2.45) is 5.41 Å². The van der Waals surface area contributed by atoms with E-state index in [4.69, 9.17) is 9.47 Å². The van der Waals surface area contributed by atoms with Crippen LogP contribution in [0.4, 0.5) is 10.5 Å². The summed E-state index contributed by atoms with van der Waals surface area (Å²) in [5.74, 6) is 0.825. The van der Waals surface area contributed by atoms with E-state index in [2.05, 4.69) is 15.9 Å². The zero-order valence-electron chi connectivity index (χ0n) is 16.7. The Labute approximate surface area is 179 Å². The zero-order chi connectivity index (χ0) is 20.6. The molecular weight excluding hydrogens is 440 g/mol.